The highest BCUT2D eigenvalue weighted by Gasteiger charge is 2.12. The number of nitrogens with one attached hydrogen (secondary N) is 1. The van der Waals surface area contributed by atoms with Gasteiger partial charge in [-0.1, -0.05) is 6.07 Å². The van der Waals surface area contributed by atoms with Crippen molar-refractivity contribution < 1.29 is 14.6 Å². The number of rotatable bonds is 2. The second kappa shape index (κ2) is 3.61. The number of aromatic hydroxyl groups is 2. The van der Waals surface area contributed by atoms with Crippen molar-refractivity contribution in [3.63, 3.8) is 0 Å². The maximum Gasteiger partial charge on any atom is 0.194 e. The quantitative estimate of drug-likeness (QED) is 0.656. The van der Waals surface area contributed by atoms with Crippen molar-refractivity contribution in [2.75, 3.05) is 0 Å². The van der Waals surface area contributed by atoms with Crippen molar-refractivity contribution in [3.8, 4) is 11.5 Å². The Labute approximate surface area is 85.0 Å². The van der Waals surface area contributed by atoms with E-state index in [0.29, 0.717) is 5.82 Å². The molecule has 4 nitrogen and oxygen atoms in total. The van der Waals surface area contributed by atoms with Crippen LogP contribution in [0.5, 0.6) is 11.5 Å². The zero-order chi connectivity index (χ0) is 10.8. The van der Waals surface area contributed by atoms with E-state index in [0.717, 1.165) is 0 Å². The van der Waals surface area contributed by atoms with Gasteiger partial charge in [0.1, 0.15) is 5.82 Å². The van der Waals surface area contributed by atoms with E-state index in [1.165, 1.54) is 12.1 Å². The van der Waals surface area contributed by atoms with Crippen molar-refractivity contribution in [2.45, 2.75) is 6.42 Å². The molecule has 15 heavy (non-hydrogen) atoms. The molecule has 0 aliphatic heterocycles. The van der Waals surface area contributed by atoms with E-state index >= 15 is 0 Å². The number of nitrogens with zero attached hydrogens (tertiary/aromatic N) is 1. The number of benzene rings is 1. The molecular weight excluding hydrogens is 199 g/mol. The normalized spacial score (nSPS) is 10.5. The molecule has 0 amide bonds. The van der Waals surface area contributed by atoms with Gasteiger partial charge in [-0.25, -0.2) is 9.37 Å². The summed E-state index contributed by atoms with van der Waals surface area (Å²) in [6.45, 7) is 0. The molecule has 1 aromatic heterocycles. The van der Waals surface area contributed by atoms with E-state index in [-0.39, 0.29) is 12.0 Å². The number of halogens is 1. The van der Waals surface area contributed by atoms with Gasteiger partial charge >= 0.3 is 0 Å². The Bertz CT molecular complexity index is 469. The Morgan fingerprint density at radius 3 is 2.80 bits per heavy atom. The average molecular weight is 208 g/mol. The van der Waals surface area contributed by atoms with Crippen molar-refractivity contribution in [1.82, 2.24) is 9.97 Å². The molecule has 1 heterocycles. The third-order valence-electron chi connectivity index (χ3n) is 2.09. The van der Waals surface area contributed by atoms with Crippen LogP contribution in [0.4, 0.5) is 4.39 Å². The Morgan fingerprint density at radius 2 is 2.13 bits per heavy atom. The maximum absolute atomic E-state index is 13.4. The van der Waals surface area contributed by atoms with E-state index in [4.69, 9.17) is 10.2 Å². The van der Waals surface area contributed by atoms with Gasteiger partial charge in [0, 0.05) is 18.8 Å². The molecule has 0 atom stereocenters. The Morgan fingerprint density at radius 1 is 1.33 bits per heavy atom. The molecule has 3 N–H and O–H groups in total. The Hall–Kier alpha value is -2.04. The van der Waals surface area contributed by atoms with Crippen LogP contribution < -0.4 is 0 Å². The lowest BCUT2D eigenvalue weighted by Crippen LogP contribution is -1.94. The summed E-state index contributed by atoms with van der Waals surface area (Å²) < 4.78 is 13.4. The van der Waals surface area contributed by atoms with Crippen LogP contribution in [0.25, 0.3) is 0 Å². The second-order valence-electron chi connectivity index (χ2n) is 3.12. The highest BCUT2D eigenvalue weighted by molar-refractivity contribution is 5.43. The lowest BCUT2D eigenvalue weighted by atomic mass is 10.1. The van der Waals surface area contributed by atoms with E-state index in [2.05, 4.69) is 9.97 Å². The summed E-state index contributed by atoms with van der Waals surface area (Å²) in [7, 11) is 0. The minimum absolute atomic E-state index is 0.243. The molecule has 0 radical (unpaired) electrons. The molecule has 1 aromatic carbocycles. The molecule has 0 saturated carbocycles. The fraction of sp³-hybridized carbons (Fsp3) is 0.100. The molecule has 2 rings (SSSR count). The van der Waals surface area contributed by atoms with Gasteiger partial charge in [0.2, 0.25) is 0 Å². The van der Waals surface area contributed by atoms with Gasteiger partial charge in [-0.15, -0.1) is 0 Å². The first-order valence-corrected chi connectivity index (χ1v) is 4.36. The summed E-state index contributed by atoms with van der Waals surface area (Å²) in [5, 5.41) is 18.2. The number of H-pyrrole nitrogens is 1. The van der Waals surface area contributed by atoms with E-state index in [1.807, 2.05) is 0 Å². The van der Waals surface area contributed by atoms with Gasteiger partial charge in [-0.3, -0.25) is 0 Å². The first kappa shape index (κ1) is 9.51. The van der Waals surface area contributed by atoms with Gasteiger partial charge in [-0.2, -0.15) is 0 Å². The molecule has 2 aromatic rings. The fourth-order valence-electron chi connectivity index (χ4n) is 1.31. The smallest absolute Gasteiger partial charge is 0.194 e. The monoisotopic (exact) mass is 208 g/mol. The van der Waals surface area contributed by atoms with Crippen LogP contribution in [0.15, 0.2) is 24.5 Å². The topological polar surface area (TPSA) is 69.1 Å². The molecule has 0 saturated heterocycles. The van der Waals surface area contributed by atoms with Crippen LogP contribution in [0.3, 0.4) is 0 Å². The lowest BCUT2D eigenvalue weighted by molar-refractivity contribution is 0.377. The predicted molar refractivity (Wildman–Crippen MR) is 51.1 cm³/mol. The van der Waals surface area contributed by atoms with Crippen LogP contribution in [-0.4, -0.2) is 20.2 Å². The zero-order valence-electron chi connectivity index (χ0n) is 7.74. The van der Waals surface area contributed by atoms with Crippen molar-refractivity contribution in [1.29, 1.82) is 0 Å². The van der Waals surface area contributed by atoms with Crippen LogP contribution in [0.2, 0.25) is 0 Å². The highest BCUT2D eigenvalue weighted by atomic mass is 19.1. The van der Waals surface area contributed by atoms with Gasteiger partial charge in [0.15, 0.2) is 17.3 Å². The van der Waals surface area contributed by atoms with E-state index in [1.54, 1.807) is 12.4 Å². The molecular formula is C10H9FN2O2. The van der Waals surface area contributed by atoms with Gasteiger partial charge in [-0.05, 0) is 11.6 Å². The molecule has 0 fully saturated rings. The first-order valence-electron chi connectivity index (χ1n) is 4.36. The number of aromatic nitrogens is 2. The Kier molecular flexibility index (Phi) is 2.29. The molecule has 0 unspecified atom stereocenters. The largest absolute Gasteiger partial charge is 0.504 e. The number of imidazole rings is 1. The zero-order valence-corrected chi connectivity index (χ0v) is 7.74. The molecule has 5 heteroatoms. The number of aromatic amines is 1. The molecule has 0 aliphatic carbocycles. The summed E-state index contributed by atoms with van der Waals surface area (Å²) in [5.41, 5.74) is 0.278. The highest BCUT2D eigenvalue weighted by Crippen LogP contribution is 2.30. The number of hydrogen-bond acceptors (Lipinski definition) is 3. The lowest BCUT2D eigenvalue weighted by Gasteiger charge is -2.04. The van der Waals surface area contributed by atoms with Crippen molar-refractivity contribution >= 4 is 0 Å². The van der Waals surface area contributed by atoms with Crippen LogP contribution >= 0.6 is 0 Å². The first-order chi connectivity index (χ1) is 7.18. The fourth-order valence-corrected chi connectivity index (χ4v) is 1.31. The SMILES string of the molecule is Oc1ccc(Cc2ncc[nH]2)c(F)c1O. The van der Waals surface area contributed by atoms with Crippen LogP contribution in [0, 0.1) is 5.82 Å². The van der Waals surface area contributed by atoms with Crippen molar-refractivity contribution in [2.24, 2.45) is 0 Å². The average Bonchev–Trinajstić information content (AvgIpc) is 2.72. The second-order valence-corrected chi connectivity index (χ2v) is 3.12. The number of phenols is 2. The minimum atomic E-state index is -0.814. The molecule has 0 aliphatic rings. The maximum atomic E-state index is 13.4. The van der Waals surface area contributed by atoms with Gasteiger partial charge in [0.25, 0.3) is 0 Å². The summed E-state index contributed by atoms with van der Waals surface area (Å²) in [6, 6.07) is 2.66. The summed E-state index contributed by atoms with van der Waals surface area (Å²) in [4.78, 5) is 6.76. The molecule has 0 bridgehead atoms. The predicted octanol–water partition coefficient (Wildman–Crippen LogP) is 1.55. The van der Waals surface area contributed by atoms with E-state index in [9.17, 15) is 4.39 Å². The number of phenolic OH excluding ortho intramolecular Hbond substituents is 2. The number of hydrogen-bond donors (Lipinski definition) is 3. The third kappa shape index (κ3) is 1.76. The summed E-state index contributed by atoms with van der Waals surface area (Å²) in [5.74, 6) is -1.40. The standard InChI is InChI=1S/C10H9FN2O2/c11-9-6(1-2-7(14)10(9)15)5-8-12-3-4-13-8/h1-4,14-15H,5H2,(H,12,13). The van der Waals surface area contributed by atoms with Gasteiger partial charge < -0.3 is 15.2 Å². The summed E-state index contributed by atoms with van der Waals surface area (Å²) in [6.07, 6.45) is 3.44. The van der Waals surface area contributed by atoms with Crippen LogP contribution in [-0.2, 0) is 6.42 Å². The Balaban J connectivity index is 2.34. The van der Waals surface area contributed by atoms with E-state index < -0.39 is 17.3 Å². The molecule has 78 valence electrons. The van der Waals surface area contributed by atoms with Crippen molar-refractivity contribution in [3.05, 3.63) is 41.7 Å². The van der Waals surface area contributed by atoms with Gasteiger partial charge in [0.05, 0.1) is 0 Å². The van der Waals surface area contributed by atoms with Crippen LogP contribution in [0.1, 0.15) is 11.4 Å². The minimum Gasteiger partial charge on any atom is -0.504 e. The summed E-state index contributed by atoms with van der Waals surface area (Å²) >= 11 is 0. The molecule has 0 spiro atoms. The third-order valence-corrected chi connectivity index (χ3v) is 2.09.